The predicted octanol–water partition coefficient (Wildman–Crippen LogP) is 2.82. The van der Waals surface area contributed by atoms with Gasteiger partial charge in [-0.3, -0.25) is 14.6 Å². The third-order valence-electron chi connectivity index (χ3n) is 3.34. The average molecular weight is 376 g/mol. The zero-order chi connectivity index (χ0) is 16.8. The summed E-state index contributed by atoms with van der Waals surface area (Å²) < 4.78 is 0.898. The molecule has 6 heteroatoms. The molecule has 0 spiro atoms. The number of hydrogen-bond donors (Lipinski definition) is 1. The molecule has 1 N–H and O–H groups in total. The van der Waals surface area contributed by atoms with E-state index in [0.717, 1.165) is 15.7 Å². The van der Waals surface area contributed by atoms with Gasteiger partial charge in [-0.15, -0.1) is 0 Å². The molecule has 0 atom stereocenters. The van der Waals surface area contributed by atoms with E-state index in [-0.39, 0.29) is 18.4 Å². The number of hydrogen-bond acceptors (Lipinski definition) is 3. The van der Waals surface area contributed by atoms with Crippen molar-refractivity contribution in [2.45, 2.75) is 20.4 Å². The Morgan fingerprint density at radius 1 is 1.26 bits per heavy atom. The van der Waals surface area contributed by atoms with Gasteiger partial charge in [0.05, 0.1) is 12.2 Å². The van der Waals surface area contributed by atoms with Crippen LogP contribution in [-0.4, -0.2) is 23.3 Å². The highest BCUT2D eigenvalue weighted by molar-refractivity contribution is 9.10. The van der Waals surface area contributed by atoms with Crippen molar-refractivity contribution in [2.24, 2.45) is 0 Å². The third kappa shape index (κ3) is 4.89. The van der Waals surface area contributed by atoms with E-state index in [1.54, 1.807) is 6.20 Å². The van der Waals surface area contributed by atoms with Gasteiger partial charge < -0.3 is 10.2 Å². The molecule has 0 fully saturated rings. The van der Waals surface area contributed by atoms with E-state index in [2.05, 4.69) is 26.2 Å². The minimum Gasteiger partial charge on any atom is -0.349 e. The summed E-state index contributed by atoms with van der Waals surface area (Å²) in [5.74, 6) is -0.420. The lowest BCUT2D eigenvalue weighted by molar-refractivity contribution is -0.123. The Balaban J connectivity index is 2.02. The first-order chi connectivity index (χ1) is 11.0. The number of nitrogens with zero attached hydrogens (tertiary/aromatic N) is 2. The number of pyridine rings is 1. The largest absolute Gasteiger partial charge is 0.349 e. The molecule has 0 aliphatic carbocycles. The Kier molecular flexibility index (Phi) is 5.87. The topological polar surface area (TPSA) is 62.3 Å². The number of aryl methyl sites for hydroxylation is 1. The van der Waals surface area contributed by atoms with Crippen molar-refractivity contribution in [1.29, 1.82) is 0 Å². The lowest BCUT2D eigenvalue weighted by atomic mass is 10.2. The molecular formula is C17H18BrN3O2. The predicted molar refractivity (Wildman–Crippen MR) is 93.0 cm³/mol. The Morgan fingerprint density at radius 2 is 2.04 bits per heavy atom. The summed E-state index contributed by atoms with van der Waals surface area (Å²) in [4.78, 5) is 29.6. The summed E-state index contributed by atoms with van der Waals surface area (Å²) in [7, 11) is 0. The van der Waals surface area contributed by atoms with Crippen LogP contribution in [0, 0.1) is 6.92 Å². The van der Waals surface area contributed by atoms with Crippen LogP contribution in [0.25, 0.3) is 0 Å². The Bertz CT molecular complexity index is 704. The number of rotatable bonds is 5. The van der Waals surface area contributed by atoms with Gasteiger partial charge in [0, 0.05) is 23.3 Å². The number of halogens is 1. The van der Waals surface area contributed by atoms with Crippen LogP contribution in [0.1, 0.15) is 18.2 Å². The molecule has 5 nitrogen and oxygen atoms in total. The summed E-state index contributed by atoms with van der Waals surface area (Å²) >= 11 is 3.44. The molecule has 1 aromatic heterocycles. The second-order valence-corrected chi connectivity index (χ2v) is 5.99. The first-order valence-corrected chi connectivity index (χ1v) is 7.97. The zero-order valence-electron chi connectivity index (χ0n) is 13.0. The molecular weight excluding hydrogens is 358 g/mol. The maximum atomic E-state index is 12.1. The van der Waals surface area contributed by atoms with Crippen molar-refractivity contribution in [3.8, 4) is 0 Å². The molecule has 1 aromatic carbocycles. The molecule has 2 aromatic rings. The highest BCUT2D eigenvalue weighted by atomic mass is 79.9. The molecule has 0 aliphatic heterocycles. The van der Waals surface area contributed by atoms with Gasteiger partial charge in [0.2, 0.25) is 11.8 Å². The van der Waals surface area contributed by atoms with Crippen LogP contribution in [0.3, 0.4) is 0 Å². The molecule has 23 heavy (non-hydrogen) atoms. The summed E-state index contributed by atoms with van der Waals surface area (Å²) in [6.07, 6.45) is 1.67. The number of aromatic nitrogens is 1. The monoisotopic (exact) mass is 375 g/mol. The van der Waals surface area contributed by atoms with Crippen LogP contribution >= 0.6 is 15.9 Å². The highest BCUT2D eigenvalue weighted by Crippen LogP contribution is 2.23. The molecule has 0 radical (unpaired) electrons. The number of anilines is 1. The maximum Gasteiger partial charge on any atom is 0.240 e. The molecule has 2 rings (SSSR count). The van der Waals surface area contributed by atoms with Crippen molar-refractivity contribution < 1.29 is 9.59 Å². The van der Waals surface area contributed by atoms with Crippen LogP contribution < -0.4 is 10.2 Å². The highest BCUT2D eigenvalue weighted by Gasteiger charge is 2.16. The Hall–Kier alpha value is -2.21. The molecule has 0 saturated heterocycles. The van der Waals surface area contributed by atoms with E-state index in [4.69, 9.17) is 0 Å². The Labute approximate surface area is 143 Å². The van der Waals surface area contributed by atoms with Crippen molar-refractivity contribution in [3.63, 3.8) is 0 Å². The minimum atomic E-state index is -0.234. The quantitative estimate of drug-likeness (QED) is 0.873. The Morgan fingerprint density at radius 3 is 2.65 bits per heavy atom. The summed E-state index contributed by atoms with van der Waals surface area (Å²) in [5.41, 5.74) is 2.52. The molecule has 0 aliphatic rings. The first kappa shape index (κ1) is 17.1. The van der Waals surface area contributed by atoms with Crippen LogP contribution in [0.5, 0.6) is 0 Å². The fraction of sp³-hybridized carbons (Fsp3) is 0.235. The van der Waals surface area contributed by atoms with Crippen LogP contribution in [-0.2, 0) is 16.1 Å². The van der Waals surface area contributed by atoms with Gasteiger partial charge in [-0.05, 0) is 36.8 Å². The van der Waals surface area contributed by atoms with Gasteiger partial charge >= 0.3 is 0 Å². The summed E-state index contributed by atoms with van der Waals surface area (Å²) in [6, 6.07) is 11.1. The molecule has 0 bridgehead atoms. The SMILES string of the molecule is CC(=O)N(CC(=O)NCc1ccccn1)c1ccc(C)c(Br)c1. The van der Waals surface area contributed by atoms with E-state index in [1.165, 1.54) is 11.8 Å². The summed E-state index contributed by atoms with van der Waals surface area (Å²) in [6.45, 7) is 3.71. The fourth-order valence-corrected chi connectivity index (χ4v) is 2.39. The van der Waals surface area contributed by atoms with Gasteiger partial charge in [-0.1, -0.05) is 28.1 Å². The van der Waals surface area contributed by atoms with Crippen molar-refractivity contribution in [2.75, 3.05) is 11.4 Å². The summed E-state index contributed by atoms with van der Waals surface area (Å²) in [5, 5.41) is 2.77. The lowest BCUT2D eigenvalue weighted by Crippen LogP contribution is -2.39. The minimum absolute atomic E-state index is 0.0301. The smallest absolute Gasteiger partial charge is 0.240 e. The number of benzene rings is 1. The number of nitrogens with one attached hydrogen (secondary N) is 1. The number of carbonyl (C=O) groups excluding carboxylic acids is 2. The second kappa shape index (κ2) is 7.87. The van der Waals surface area contributed by atoms with E-state index in [9.17, 15) is 9.59 Å². The van der Waals surface area contributed by atoms with Gasteiger partial charge in [-0.25, -0.2) is 0 Å². The van der Waals surface area contributed by atoms with Crippen molar-refractivity contribution in [1.82, 2.24) is 10.3 Å². The molecule has 0 saturated carbocycles. The fourth-order valence-electron chi connectivity index (χ4n) is 2.03. The second-order valence-electron chi connectivity index (χ2n) is 5.14. The average Bonchev–Trinajstić information content (AvgIpc) is 2.54. The third-order valence-corrected chi connectivity index (χ3v) is 4.20. The van der Waals surface area contributed by atoms with Gasteiger partial charge in [0.1, 0.15) is 6.54 Å². The van der Waals surface area contributed by atoms with Crippen LogP contribution in [0.2, 0.25) is 0 Å². The molecule has 120 valence electrons. The maximum absolute atomic E-state index is 12.1. The van der Waals surface area contributed by atoms with Gasteiger partial charge in [-0.2, -0.15) is 0 Å². The van der Waals surface area contributed by atoms with Gasteiger partial charge in [0.15, 0.2) is 0 Å². The molecule has 2 amide bonds. The normalized spacial score (nSPS) is 10.2. The van der Waals surface area contributed by atoms with E-state index in [0.29, 0.717) is 12.2 Å². The lowest BCUT2D eigenvalue weighted by Gasteiger charge is -2.21. The number of carbonyl (C=O) groups is 2. The van der Waals surface area contributed by atoms with Crippen molar-refractivity contribution in [3.05, 3.63) is 58.3 Å². The molecule has 1 heterocycles. The zero-order valence-corrected chi connectivity index (χ0v) is 14.6. The van der Waals surface area contributed by atoms with Crippen LogP contribution in [0.4, 0.5) is 5.69 Å². The van der Waals surface area contributed by atoms with Crippen LogP contribution in [0.15, 0.2) is 47.1 Å². The van der Waals surface area contributed by atoms with E-state index >= 15 is 0 Å². The van der Waals surface area contributed by atoms with Crippen molar-refractivity contribution >= 4 is 33.4 Å². The van der Waals surface area contributed by atoms with E-state index in [1.807, 2.05) is 43.3 Å². The molecule has 0 unspecified atom stereocenters. The van der Waals surface area contributed by atoms with E-state index < -0.39 is 0 Å². The first-order valence-electron chi connectivity index (χ1n) is 7.18. The standard InChI is InChI=1S/C17H18BrN3O2/c1-12-6-7-15(9-16(12)18)21(13(2)22)11-17(23)20-10-14-5-3-4-8-19-14/h3-9H,10-11H2,1-2H3,(H,20,23). The number of amides is 2. The van der Waals surface area contributed by atoms with Gasteiger partial charge in [0.25, 0.3) is 0 Å².